The minimum atomic E-state index is -0.584. The van der Waals surface area contributed by atoms with Crippen molar-refractivity contribution < 1.29 is 23.8 Å². The summed E-state index contributed by atoms with van der Waals surface area (Å²) in [7, 11) is 3.02. The largest absolute Gasteiger partial charge is 0.493 e. The Morgan fingerprint density at radius 2 is 1.74 bits per heavy atom. The molecule has 1 saturated heterocycles. The molecule has 31 heavy (non-hydrogen) atoms. The lowest BCUT2D eigenvalue weighted by Crippen LogP contribution is -2.53. The van der Waals surface area contributed by atoms with E-state index in [1.807, 2.05) is 30.3 Å². The molecule has 2 amide bonds. The first-order valence-electron chi connectivity index (χ1n) is 9.41. The Morgan fingerprint density at radius 1 is 1.06 bits per heavy atom. The van der Waals surface area contributed by atoms with Gasteiger partial charge in [-0.1, -0.05) is 36.4 Å². The van der Waals surface area contributed by atoms with Crippen LogP contribution in [0.2, 0.25) is 0 Å². The number of thiocarbonyl (C=S) groups is 1. The summed E-state index contributed by atoms with van der Waals surface area (Å²) in [5.41, 5.74) is 1.37. The monoisotopic (exact) mass is 438 g/mol. The van der Waals surface area contributed by atoms with E-state index in [2.05, 4.69) is 11.9 Å². The Balaban J connectivity index is 2.03. The summed E-state index contributed by atoms with van der Waals surface area (Å²) in [6.07, 6.45) is 2.99. The number of nitrogens with one attached hydrogen (secondary N) is 1. The van der Waals surface area contributed by atoms with Crippen molar-refractivity contribution in [3.05, 3.63) is 71.8 Å². The maximum absolute atomic E-state index is 12.9. The molecule has 0 bridgehead atoms. The third-order valence-electron chi connectivity index (χ3n) is 4.55. The van der Waals surface area contributed by atoms with Crippen molar-refractivity contribution in [2.45, 2.75) is 6.61 Å². The lowest BCUT2D eigenvalue weighted by atomic mass is 10.1. The number of rotatable bonds is 8. The number of carbonyl (C=O) groups is 2. The maximum atomic E-state index is 12.9. The number of methoxy groups -OCH3 is 2. The Labute approximate surface area is 185 Å². The Morgan fingerprint density at radius 3 is 2.39 bits per heavy atom. The zero-order chi connectivity index (χ0) is 22.4. The van der Waals surface area contributed by atoms with Gasteiger partial charge in [0.2, 0.25) is 0 Å². The molecule has 0 aliphatic carbocycles. The van der Waals surface area contributed by atoms with Crippen LogP contribution < -0.4 is 19.5 Å². The molecule has 0 atom stereocenters. The van der Waals surface area contributed by atoms with Gasteiger partial charge in [-0.2, -0.15) is 0 Å². The molecule has 0 unspecified atom stereocenters. The molecule has 2 aromatic rings. The van der Waals surface area contributed by atoms with Gasteiger partial charge in [0.15, 0.2) is 16.6 Å². The van der Waals surface area contributed by atoms with Crippen LogP contribution in [0.5, 0.6) is 17.2 Å². The van der Waals surface area contributed by atoms with Crippen LogP contribution in [0.25, 0.3) is 6.08 Å². The first-order chi connectivity index (χ1) is 15.0. The van der Waals surface area contributed by atoms with E-state index in [-0.39, 0.29) is 17.2 Å². The van der Waals surface area contributed by atoms with Gasteiger partial charge in [0.25, 0.3) is 11.8 Å². The van der Waals surface area contributed by atoms with Crippen LogP contribution in [0.1, 0.15) is 11.1 Å². The van der Waals surface area contributed by atoms with Crippen LogP contribution in [0.4, 0.5) is 0 Å². The second-order valence-corrected chi connectivity index (χ2v) is 6.93. The standard InChI is InChI=1S/C23H22N2O5S/c1-4-10-25-22(27)17(21(26)24-23(25)31)11-16-12-19(28-2)20(29-3)13-18(16)30-14-15-8-6-5-7-9-15/h4-9,11-13H,1,10,14H2,2-3H3,(H,24,26,31). The van der Waals surface area contributed by atoms with E-state index in [1.54, 1.807) is 12.1 Å². The number of hydrogen-bond donors (Lipinski definition) is 1. The molecule has 1 heterocycles. The van der Waals surface area contributed by atoms with E-state index in [0.717, 1.165) is 5.56 Å². The fourth-order valence-electron chi connectivity index (χ4n) is 2.99. The Bertz CT molecular complexity index is 1050. The van der Waals surface area contributed by atoms with Crippen molar-refractivity contribution in [1.29, 1.82) is 0 Å². The van der Waals surface area contributed by atoms with E-state index in [1.165, 1.54) is 31.3 Å². The van der Waals surface area contributed by atoms with Gasteiger partial charge in [-0.15, -0.1) is 6.58 Å². The van der Waals surface area contributed by atoms with Gasteiger partial charge in [0.1, 0.15) is 17.9 Å². The fourth-order valence-corrected chi connectivity index (χ4v) is 3.24. The van der Waals surface area contributed by atoms with Gasteiger partial charge in [-0.25, -0.2) is 0 Å². The lowest BCUT2D eigenvalue weighted by molar-refractivity contribution is -0.128. The third-order valence-corrected chi connectivity index (χ3v) is 4.87. The van der Waals surface area contributed by atoms with E-state index >= 15 is 0 Å². The van der Waals surface area contributed by atoms with Gasteiger partial charge >= 0.3 is 0 Å². The van der Waals surface area contributed by atoms with E-state index in [0.29, 0.717) is 29.4 Å². The molecule has 0 radical (unpaired) electrons. The molecule has 7 nitrogen and oxygen atoms in total. The van der Waals surface area contributed by atoms with Gasteiger partial charge in [-0.3, -0.25) is 19.8 Å². The smallest absolute Gasteiger partial charge is 0.265 e. The van der Waals surface area contributed by atoms with Gasteiger partial charge in [0.05, 0.1) is 14.2 Å². The summed E-state index contributed by atoms with van der Waals surface area (Å²) in [6, 6.07) is 12.9. The molecule has 1 aliphatic rings. The molecule has 8 heteroatoms. The third kappa shape index (κ3) is 4.92. The highest BCUT2D eigenvalue weighted by Crippen LogP contribution is 2.36. The molecule has 3 rings (SSSR count). The second-order valence-electron chi connectivity index (χ2n) is 6.54. The van der Waals surface area contributed by atoms with Gasteiger partial charge in [0, 0.05) is 18.2 Å². The zero-order valence-electron chi connectivity index (χ0n) is 17.2. The molecule has 0 spiro atoms. The second kappa shape index (κ2) is 9.90. The van der Waals surface area contributed by atoms with Crippen LogP contribution in [-0.4, -0.2) is 42.6 Å². The molecule has 0 aromatic heterocycles. The summed E-state index contributed by atoms with van der Waals surface area (Å²) in [5.74, 6) is 0.222. The molecule has 1 aliphatic heterocycles. The summed E-state index contributed by atoms with van der Waals surface area (Å²) in [6.45, 7) is 4.09. The fraction of sp³-hybridized carbons (Fsp3) is 0.174. The molecule has 1 N–H and O–H groups in total. The first-order valence-corrected chi connectivity index (χ1v) is 9.81. The highest BCUT2D eigenvalue weighted by molar-refractivity contribution is 7.80. The molecule has 2 aromatic carbocycles. The van der Waals surface area contributed by atoms with Crippen LogP contribution in [-0.2, 0) is 16.2 Å². The number of nitrogens with zero attached hydrogens (tertiary/aromatic N) is 1. The maximum Gasteiger partial charge on any atom is 0.265 e. The van der Waals surface area contributed by atoms with Gasteiger partial charge < -0.3 is 14.2 Å². The van der Waals surface area contributed by atoms with Crippen LogP contribution in [0, 0.1) is 0 Å². The highest BCUT2D eigenvalue weighted by Gasteiger charge is 2.33. The first kappa shape index (κ1) is 22.0. The number of amides is 2. The molecular weight excluding hydrogens is 416 g/mol. The molecule has 1 fully saturated rings. The van der Waals surface area contributed by atoms with E-state index in [4.69, 9.17) is 26.4 Å². The summed E-state index contributed by atoms with van der Waals surface area (Å²) >= 11 is 5.10. The van der Waals surface area contributed by atoms with Crippen molar-refractivity contribution in [2.75, 3.05) is 20.8 Å². The minimum Gasteiger partial charge on any atom is -0.493 e. The summed E-state index contributed by atoms with van der Waals surface area (Å²) in [5, 5.41) is 2.57. The SMILES string of the molecule is C=CCN1C(=O)C(=Cc2cc(OC)c(OC)cc2OCc2ccccc2)C(=O)NC1=S. The normalized spacial score (nSPS) is 15.0. The van der Waals surface area contributed by atoms with E-state index < -0.39 is 11.8 Å². The van der Waals surface area contributed by atoms with Crippen molar-refractivity contribution in [3.63, 3.8) is 0 Å². The Kier molecular flexibility index (Phi) is 7.04. The number of carbonyl (C=O) groups excluding carboxylic acids is 2. The average Bonchev–Trinajstić information content (AvgIpc) is 2.78. The average molecular weight is 439 g/mol. The van der Waals surface area contributed by atoms with Crippen LogP contribution >= 0.6 is 12.2 Å². The molecule has 0 saturated carbocycles. The van der Waals surface area contributed by atoms with E-state index in [9.17, 15) is 9.59 Å². The minimum absolute atomic E-state index is 0.0416. The Hall–Kier alpha value is -3.65. The van der Waals surface area contributed by atoms with Crippen LogP contribution in [0.15, 0.2) is 60.7 Å². The van der Waals surface area contributed by atoms with Crippen molar-refractivity contribution in [3.8, 4) is 17.2 Å². The van der Waals surface area contributed by atoms with Crippen LogP contribution in [0.3, 0.4) is 0 Å². The zero-order valence-corrected chi connectivity index (χ0v) is 18.0. The topological polar surface area (TPSA) is 77.1 Å². The quantitative estimate of drug-likeness (QED) is 0.295. The number of hydrogen-bond acceptors (Lipinski definition) is 6. The number of ether oxygens (including phenoxy) is 3. The van der Waals surface area contributed by atoms with Crippen molar-refractivity contribution >= 4 is 35.2 Å². The predicted octanol–water partition coefficient (Wildman–Crippen LogP) is 3.10. The predicted molar refractivity (Wildman–Crippen MR) is 121 cm³/mol. The lowest BCUT2D eigenvalue weighted by Gasteiger charge is -2.28. The summed E-state index contributed by atoms with van der Waals surface area (Å²) < 4.78 is 16.7. The highest BCUT2D eigenvalue weighted by atomic mass is 32.1. The molecule has 160 valence electrons. The molecular formula is C23H22N2O5S. The van der Waals surface area contributed by atoms with Crippen molar-refractivity contribution in [2.24, 2.45) is 0 Å². The summed E-state index contributed by atoms with van der Waals surface area (Å²) in [4.78, 5) is 26.6. The van der Waals surface area contributed by atoms with Gasteiger partial charge in [-0.05, 0) is 29.9 Å². The van der Waals surface area contributed by atoms with Crippen molar-refractivity contribution in [1.82, 2.24) is 10.2 Å². The number of benzene rings is 2.